The van der Waals surface area contributed by atoms with Crippen LogP contribution in [-0.4, -0.2) is 57.6 Å². The molecule has 0 saturated carbocycles. The van der Waals surface area contributed by atoms with E-state index in [1.807, 2.05) is 59.0 Å². The van der Waals surface area contributed by atoms with Crippen LogP contribution in [0.2, 0.25) is 0 Å². The van der Waals surface area contributed by atoms with Crippen molar-refractivity contribution in [3.63, 3.8) is 0 Å². The summed E-state index contributed by atoms with van der Waals surface area (Å²) in [4.78, 5) is 33.0. The predicted octanol–water partition coefficient (Wildman–Crippen LogP) is 4.37. The largest absolute Gasteiger partial charge is 0.378 e. The van der Waals surface area contributed by atoms with E-state index in [1.54, 1.807) is 12.3 Å². The van der Waals surface area contributed by atoms with E-state index >= 15 is 0 Å². The SMILES string of the molecule is CC[C@@H](C)c1nc2ccc(Br)cc2c(=O)n1N=Cc1cn(CC(=O)N2CCOCC2)c2ccccc12. The van der Waals surface area contributed by atoms with E-state index in [0.717, 1.165) is 27.4 Å². The van der Waals surface area contributed by atoms with Gasteiger partial charge in [0.2, 0.25) is 5.91 Å². The van der Waals surface area contributed by atoms with Crippen LogP contribution in [0.25, 0.3) is 21.8 Å². The van der Waals surface area contributed by atoms with Crippen molar-refractivity contribution in [3.8, 4) is 0 Å². The smallest absolute Gasteiger partial charge is 0.282 e. The molecule has 1 aliphatic rings. The zero-order valence-corrected chi connectivity index (χ0v) is 21.9. The first kappa shape index (κ1) is 24.4. The van der Waals surface area contributed by atoms with Gasteiger partial charge in [0, 0.05) is 46.1 Å². The third-order valence-corrected chi connectivity index (χ3v) is 7.18. The lowest BCUT2D eigenvalue weighted by Crippen LogP contribution is -2.42. The summed E-state index contributed by atoms with van der Waals surface area (Å²) in [7, 11) is 0. The average Bonchev–Trinajstić information content (AvgIpc) is 3.25. The van der Waals surface area contributed by atoms with Crippen LogP contribution < -0.4 is 5.56 Å². The summed E-state index contributed by atoms with van der Waals surface area (Å²) in [5, 5.41) is 6.10. The van der Waals surface area contributed by atoms with Gasteiger partial charge in [-0.1, -0.05) is 48.0 Å². The van der Waals surface area contributed by atoms with Crippen molar-refractivity contribution in [3.05, 3.63) is 74.9 Å². The molecule has 0 N–H and O–H groups in total. The minimum absolute atomic E-state index is 0.0513. The number of amides is 1. The molecule has 2 aromatic heterocycles. The Hall–Kier alpha value is -3.30. The van der Waals surface area contributed by atoms with Crippen LogP contribution in [0.15, 0.2) is 63.0 Å². The lowest BCUT2D eigenvalue weighted by atomic mass is 10.1. The monoisotopic (exact) mass is 549 g/mol. The van der Waals surface area contributed by atoms with Gasteiger partial charge < -0.3 is 14.2 Å². The molecule has 0 radical (unpaired) electrons. The van der Waals surface area contributed by atoms with Crippen LogP contribution in [0.4, 0.5) is 0 Å². The van der Waals surface area contributed by atoms with Crippen molar-refractivity contribution in [2.75, 3.05) is 26.3 Å². The first-order valence-electron chi connectivity index (χ1n) is 12.2. The van der Waals surface area contributed by atoms with Crippen molar-refractivity contribution in [2.24, 2.45) is 5.10 Å². The van der Waals surface area contributed by atoms with Gasteiger partial charge in [-0.3, -0.25) is 9.59 Å². The number of benzene rings is 2. The maximum absolute atomic E-state index is 13.5. The van der Waals surface area contributed by atoms with Crippen molar-refractivity contribution < 1.29 is 9.53 Å². The van der Waals surface area contributed by atoms with Gasteiger partial charge in [0.1, 0.15) is 12.4 Å². The molecule has 0 bridgehead atoms. The molecule has 1 saturated heterocycles. The van der Waals surface area contributed by atoms with Crippen molar-refractivity contribution >= 4 is 49.9 Å². The number of hydrogen-bond acceptors (Lipinski definition) is 5. The fourth-order valence-electron chi connectivity index (χ4n) is 4.47. The summed E-state index contributed by atoms with van der Waals surface area (Å²) in [5.74, 6) is 0.734. The number of rotatable bonds is 6. The lowest BCUT2D eigenvalue weighted by molar-refractivity contribution is -0.135. The van der Waals surface area contributed by atoms with Gasteiger partial charge in [-0.2, -0.15) is 9.78 Å². The number of carbonyl (C=O) groups excluding carboxylic acids is 1. The Morgan fingerprint density at radius 2 is 1.97 bits per heavy atom. The van der Waals surface area contributed by atoms with Gasteiger partial charge in [-0.25, -0.2) is 4.98 Å². The van der Waals surface area contributed by atoms with Crippen LogP contribution in [0, 0.1) is 0 Å². The minimum atomic E-state index is -0.209. The van der Waals surface area contributed by atoms with E-state index in [4.69, 9.17) is 9.72 Å². The highest BCUT2D eigenvalue weighted by molar-refractivity contribution is 9.10. The van der Waals surface area contributed by atoms with Gasteiger partial charge in [-0.05, 0) is 30.7 Å². The fourth-order valence-corrected chi connectivity index (χ4v) is 4.83. The van der Waals surface area contributed by atoms with Gasteiger partial charge in [0.15, 0.2) is 0 Å². The summed E-state index contributed by atoms with van der Waals surface area (Å²) in [6.07, 6.45) is 4.44. The molecule has 3 heterocycles. The van der Waals surface area contributed by atoms with Gasteiger partial charge in [0.25, 0.3) is 5.56 Å². The maximum Gasteiger partial charge on any atom is 0.282 e. The van der Waals surface area contributed by atoms with Gasteiger partial charge in [0.05, 0.1) is 30.3 Å². The second kappa shape index (κ2) is 10.4. The Balaban J connectivity index is 1.55. The standard InChI is InChI=1S/C27H28BrN5O3/c1-3-18(2)26-30-23-9-8-20(28)14-22(23)27(35)33(26)29-15-19-16-32(24-7-5-4-6-21(19)24)17-25(34)31-10-12-36-13-11-31/h4-9,14-16,18H,3,10-13,17H2,1-2H3/t18-/m1/s1. The van der Waals surface area contributed by atoms with Crippen molar-refractivity contribution in [1.29, 1.82) is 0 Å². The zero-order chi connectivity index (χ0) is 25.2. The highest BCUT2D eigenvalue weighted by Crippen LogP contribution is 2.23. The van der Waals surface area contributed by atoms with Crippen molar-refractivity contribution in [2.45, 2.75) is 32.7 Å². The van der Waals surface area contributed by atoms with Crippen LogP contribution in [0.3, 0.4) is 0 Å². The van der Waals surface area contributed by atoms with E-state index in [0.29, 0.717) is 43.0 Å². The molecule has 8 nitrogen and oxygen atoms in total. The maximum atomic E-state index is 13.5. The van der Waals surface area contributed by atoms with E-state index in [1.165, 1.54) is 4.68 Å². The van der Waals surface area contributed by atoms with E-state index in [2.05, 4.69) is 28.0 Å². The molecular weight excluding hydrogens is 522 g/mol. The molecule has 186 valence electrons. The topological polar surface area (TPSA) is 81.7 Å². The summed E-state index contributed by atoms with van der Waals surface area (Å²) in [6, 6.07) is 13.4. The molecule has 9 heteroatoms. The van der Waals surface area contributed by atoms with Crippen LogP contribution >= 0.6 is 15.9 Å². The molecule has 1 atom stereocenters. The van der Waals surface area contributed by atoms with Crippen LogP contribution in [-0.2, 0) is 16.1 Å². The molecule has 2 aromatic carbocycles. The number of para-hydroxylation sites is 1. The number of aromatic nitrogens is 3. The first-order valence-corrected chi connectivity index (χ1v) is 13.0. The third kappa shape index (κ3) is 4.73. The number of hydrogen-bond donors (Lipinski definition) is 0. The molecular formula is C27H28BrN5O3. The Morgan fingerprint density at radius 1 is 1.19 bits per heavy atom. The first-order chi connectivity index (χ1) is 17.5. The number of ether oxygens (including phenoxy) is 1. The Kier molecular flexibility index (Phi) is 7.02. The van der Waals surface area contributed by atoms with Gasteiger partial charge in [-0.15, -0.1) is 0 Å². The summed E-state index contributed by atoms with van der Waals surface area (Å²) < 4.78 is 9.54. The van der Waals surface area contributed by atoms with Gasteiger partial charge >= 0.3 is 0 Å². The Labute approximate surface area is 217 Å². The highest BCUT2D eigenvalue weighted by atomic mass is 79.9. The molecule has 1 fully saturated rings. The summed E-state index contributed by atoms with van der Waals surface area (Å²) >= 11 is 3.45. The summed E-state index contributed by atoms with van der Waals surface area (Å²) in [5.41, 5.74) is 2.22. The second-order valence-electron chi connectivity index (χ2n) is 9.02. The number of carbonyl (C=O) groups is 1. The third-order valence-electron chi connectivity index (χ3n) is 6.69. The number of fused-ring (bicyclic) bond motifs is 2. The average molecular weight is 550 g/mol. The minimum Gasteiger partial charge on any atom is -0.378 e. The lowest BCUT2D eigenvalue weighted by Gasteiger charge is -2.27. The van der Waals surface area contributed by atoms with Crippen molar-refractivity contribution in [1.82, 2.24) is 19.1 Å². The van der Waals surface area contributed by atoms with E-state index < -0.39 is 0 Å². The fraction of sp³-hybridized carbons (Fsp3) is 0.333. The molecule has 0 aliphatic carbocycles. The highest BCUT2D eigenvalue weighted by Gasteiger charge is 2.19. The molecule has 0 unspecified atom stereocenters. The molecule has 1 amide bonds. The number of nitrogens with zero attached hydrogens (tertiary/aromatic N) is 5. The van der Waals surface area contributed by atoms with Crippen LogP contribution in [0.1, 0.15) is 37.6 Å². The normalized spacial score (nSPS) is 15.2. The predicted molar refractivity (Wildman–Crippen MR) is 145 cm³/mol. The quantitative estimate of drug-likeness (QED) is 0.334. The van der Waals surface area contributed by atoms with E-state index in [9.17, 15) is 9.59 Å². The molecule has 36 heavy (non-hydrogen) atoms. The van der Waals surface area contributed by atoms with E-state index in [-0.39, 0.29) is 23.9 Å². The molecule has 1 aliphatic heterocycles. The summed E-state index contributed by atoms with van der Waals surface area (Å²) in [6.45, 7) is 6.70. The molecule has 5 rings (SSSR count). The Morgan fingerprint density at radius 3 is 2.75 bits per heavy atom. The number of halogens is 1. The molecule has 0 spiro atoms. The number of morpholine rings is 1. The molecule has 4 aromatic rings. The zero-order valence-electron chi connectivity index (χ0n) is 20.4. The second-order valence-corrected chi connectivity index (χ2v) is 9.94. The Bertz CT molecular complexity index is 1520. The van der Waals surface area contributed by atoms with Crippen LogP contribution in [0.5, 0.6) is 0 Å².